The van der Waals surface area contributed by atoms with Gasteiger partial charge in [-0.15, -0.1) is 0 Å². The molecule has 1 heterocycles. The highest BCUT2D eigenvalue weighted by molar-refractivity contribution is 5.97. The van der Waals surface area contributed by atoms with Gasteiger partial charge in [-0.3, -0.25) is 9.59 Å². The molecule has 0 unspecified atom stereocenters. The van der Waals surface area contributed by atoms with Gasteiger partial charge in [0.2, 0.25) is 11.8 Å². The van der Waals surface area contributed by atoms with Crippen LogP contribution in [0, 0.1) is 23.2 Å². The summed E-state index contributed by atoms with van der Waals surface area (Å²) in [5, 5.41) is 6.02. The van der Waals surface area contributed by atoms with Crippen LogP contribution >= 0.6 is 0 Å². The van der Waals surface area contributed by atoms with E-state index in [-0.39, 0.29) is 17.2 Å². The monoisotopic (exact) mass is 395 g/mol. The second-order valence-electron chi connectivity index (χ2n) is 10.1. The molecule has 1 aromatic carbocycles. The number of hydrogen-bond donors (Lipinski definition) is 2. The van der Waals surface area contributed by atoms with Crippen LogP contribution in [0.2, 0.25) is 0 Å². The van der Waals surface area contributed by atoms with Gasteiger partial charge in [-0.25, -0.2) is 0 Å². The largest absolute Gasteiger partial charge is 0.372 e. The van der Waals surface area contributed by atoms with E-state index in [4.69, 9.17) is 0 Å². The van der Waals surface area contributed by atoms with Crippen molar-refractivity contribution in [2.45, 2.75) is 64.3 Å². The minimum absolute atomic E-state index is 0.114. The molecule has 1 saturated heterocycles. The van der Waals surface area contributed by atoms with Crippen molar-refractivity contribution in [2.75, 3.05) is 23.3 Å². The minimum atomic E-state index is -0.520. The van der Waals surface area contributed by atoms with Crippen molar-refractivity contribution in [2.24, 2.45) is 23.2 Å². The lowest BCUT2D eigenvalue weighted by Crippen LogP contribution is -2.56. The molecule has 1 aliphatic heterocycles. The fraction of sp³-hybridized carbons (Fsp3) is 0.667. The molecule has 4 bridgehead atoms. The maximum atomic E-state index is 13.2. The van der Waals surface area contributed by atoms with Crippen molar-refractivity contribution < 1.29 is 9.59 Å². The van der Waals surface area contributed by atoms with Gasteiger partial charge in [-0.2, -0.15) is 0 Å². The summed E-state index contributed by atoms with van der Waals surface area (Å²) in [4.78, 5) is 28.2. The Kier molecular flexibility index (Phi) is 4.79. The molecule has 0 radical (unpaired) electrons. The van der Waals surface area contributed by atoms with E-state index >= 15 is 0 Å². The van der Waals surface area contributed by atoms with Crippen LogP contribution in [-0.4, -0.2) is 30.9 Å². The first kappa shape index (κ1) is 19.0. The first-order valence-electron chi connectivity index (χ1n) is 11.5. The molecular weight excluding hydrogens is 362 g/mol. The van der Waals surface area contributed by atoms with Crippen LogP contribution in [0.15, 0.2) is 24.3 Å². The first-order chi connectivity index (χ1) is 14.0. The number of amides is 2. The topological polar surface area (TPSA) is 61.4 Å². The van der Waals surface area contributed by atoms with Crippen molar-refractivity contribution in [3.63, 3.8) is 0 Å². The zero-order valence-corrected chi connectivity index (χ0v) is 17.5. The lowest BCUT2D eigenvalue weighted by Gasteiger charge is -2.55. The molecule has 2 N–H and O–H groups in total. The number of nitrogens with one attached hydrogen (secondary N) is 2. The van der Waals surface area contributed by atoms with Gasteiger partial charge in [0.05, 0.1) is 0 Å². The Morgan fingerprint density at radius 1 is 0.966 bits per heavy atom. The average Bonchev–Trinajstić information content (AvgIpc) is 3.22. The van der Waals surface area contributed by atoms with Crippen LogP contribution in [0.5, 0.6) is 0 Å². The van der Waals surface area contributed by atoms with Crippen LogP contribution in [-0.2, 0) is 9.59 Å². The van der Waals surface area contributed by atoms with Gasteiger partial charge < -0.3 is 15.5 Å². The van der Waals surface area contributed by atoms with Crippen LogP contribution < -0.4 is 15.5 Å². The van der Waals surface area contributed by atoms with E-state index in [0.29, 0.717) is 0 Å². The summed E-state index contributed by atoms with van der Waals surface area (Å²) < 4.78 is 0. The molecule has 5 aliphatic rings. The fourth-order valence-corrected chi connectivity index (χ4v) is 6.79. The maximum absolute atomic E-state index is 13.2. The molecular formula is C24H33N3O2. The third kappa shape index (κ3) is 3.64. The zero-order chi connectivity index (χ0) is 20.0. The number of nitrogens with zero attached hydrogens (tertiary/aromatic N) is 1. The van der Waals surface area contributed by atoms with Crippen LogP contribution in [0.1, 0.15) is 58.3 Å². The molecule has 29 heavy (non-hydrogen) atoms. The summed E-state index contributed by atoms with van der Waals surface area (Å²) in [7, 11) is 0. The van der Waals surface area contributed by atoms with Crippen molar-refractivity contribution in [1.82, 2.24) is 5.32 Å². The third-order valence-corrected chi connectivity index (χ3v) is 7.87. The smallest absolute Gasteiger partial charge is 0.246 e. The summed E-state index contributed by atoms with van der Waals surface area (Å²) in [6.07, 6.45) is 9.52. The second-order valence-corrected chi connectivity index (χ2v) is 10.1. The number of hydrogen-bond acceptors (Lipinski definition) is 3. The van der Waals surface area contributed by atoms with Gasteiger partial charge in [-0.05, 0) is 100 Å². The molecule has 5 nitrogen and oxygen atoms in total. The van der Waals surface area contributed by atoms with Gasteiger partial charge in [0.1, 0.15) is 6.04 Å². The summed E-state index contributed by atoms with van der Waals surface area (Å²) in [6.45, 7) is 4.02. The number of carbonyl (C=O) groups is 2. The summed E-state index contributed by atoms with van der Waals surface area (Å²) in [6, 6.07) is 7.53. The molecule has 2 amide bonds. The molecule has 156 valence electrons. The van der Waals surface area contributed by atoms with Crippen LogP contribution in [0.3, 0.4) is 0 Å². The highest BCUT2D eigenvalue weighted by Crippen LogP contribution is 2.60. The molecule has 1 atom stereocenters. The number of anilines is 2. The Labute approximate surface area is 173 Å². The van der Waals surface area contributed by atoms with Gasteiger partial charge in [0, 0.05) is 29.9 Å². The van der Waals surface area contributed by atoms with Gasteiger partial charge >= 0.3 is 0 Å². The van der Waals surface area contributed by atoms with E-state index in [0.717, 1.165) is 55.8 Å². The second kappa shape index (κ2) is 7.33. The summed E-state index contributed by atoms with van der Waals surface area (Å²) in [5.41, 5.74) is 1.79. The fourth-order valence-electron chi connectivity index (χ4n) is 6.79. The zero-order valence-electron chi connectivity index (χ0n) is 17.5. The molecule has 5 fully saturated rings. The van der Waals surface area contributed by atoms with E-state index in [1.807, 2.05) is 12.1 Å². The predicted molar refractivity (Wildman–Crippen MR) is 115 cm³/mol. The number of benzene rings is 1. The highest BCUT2D eigenvalue weighted by atomic mass is 16.2. The Morgan fingerprint density at radius 2 is 1.52 bits per heavy atom. The SMILES string of the molecule is C[C@H](NC(=O)C12CC3CC(CC(C3)C1)C2)C(=O)Nc1ccc(N2CCCC2)cc1. The first-order valence-corrected chi connectivity index (χ1v) is 11.5. The van der Waals surface area contributed by atoms with Gasteiger partial charge in [-0.1, -0.05) is 0 Å². The highest BCUT2D eigenvalue weighted by Gasteiger charge is 2.54. The molecule has 6 rings (SSSR count). The number of rotatable bonds is 5. The third-order valence-electron chi connectivity index (χ3n) is 7.87. The Bertz CT molecular complexity index is 747. The normalized spacial score (nSPS) is 33.6. The van der Waals surface area contributed by atoms with Crippen molar-refractivity contribution in [3.05, 3.63) is 24.3 Å². The van der Waals surface area contributed by atoms with Crippen molar-refractivity contribution >= 4 is 23.2 Å². The lowest BCUT2D eigenvalue weighted by atomic mass is 9.49. The van der Waals surface area contributed by atoms with Crippen LogP contribution in [0.25, 0.3) is 0 Å². The van der Waals surface area contributed by atoms with E-state index in [1.54, 1.807) is 6.92 Å². The Hall–Kier alpha value is -2.04. The maximum Gasteiger partial charge on any atom is 0.246 e. The van der Waals surface area contributed by atoms with E-state index in [2.05, 4.69) is 27.7 Å². The number of carbonyl (C=O) groups excluding carboxylic acids is 2. The molecule has 0 spiro atoms. The molecule has 4 aliphatic carbocycles. The van der Waals surface area contributed by atoms with E-state index in [1.165, 1.54) is 37.8 Å². The summed E-state index contributed by atoms with van der Waals surface area (Å²) >= 11 is 0. The molecule has 1 aromatic rings. The van der Waals surface area contributed by atoms with Gasteiger partial charge in [0.25, 0.3) is 0 Å². The Morgan fingerprint density at radius 3 is 2.07 bits per heavy atom. The average molecular weight is 396 g/mol. The molecule has 0 aromatic heterocycles. The minimum Gasteiger partial charge on any atom is -0.372 e. The van der Waals surface area contributed by atoms with Crippen molar-refractivity contribution in [1.29, 1.82) is 0 Å². The quantitative estimate of drug-likeness (QED) is 0.794. The molecule has 4 saturated carbocycles. The Balaban J connectivity index is 1.18. The lowest BCUT2D eigenvalue weighted by molar-refractivity contribution is -0.147. The van der Waals surface area contributed by atoms with E-state index in [9.17, 15) is 9.59 Å². The van der Waals surface area contributed by atoms with Gasteiger partial charge in [0.15, 0.2) is 0 Å². The predicted octanol–water partition coefficient (Wildman–Crippen LogP) is 3.95. The summed E-state index contributed by atoms with van der Waals surface area (Å²) in [5.74, 6) is 2.15. The van der Waals surface area contributed by atoms with E-state index < -0.39 is 6.04 Å². The molecule has 5 heteroatoms. The standard InChI is InChI=1S/C24H33N3O2/c1-16(22(28)26-20-4-6-21(7-5-20)27-8-2-3-9-27)25-23(29)24-13-17-10-18(14-24)12-19(11-17)15-24/h4-7,16-19H,2-3,8-15H2,1H3,(H,25,29)(H,26,28)/t16-,17?,18?,19?,24?/m0/s1. The van der Waals surface area contributed by atoms with Crippen LogP contribution in [0.4, 0.5) is 11.4 Å². The van der Waals surface area contributed by atoms with Crippen molar-refractivity contribution in [3.8, 4) is 0 Å².